The topological polar surface area (TPSA) is 92.0 Å². The van der Waals surface area contributed by atoms with Gasteiger partial charge in [-0.15, -0.1) is 24.0 Å². The van der Waals surface area contributed by atoms with Crippen molar-refractivity contribution in [2.45, 2.75) is 38.6 Å². The van der Waals surface area contributed by atoms with Crippen LogP contribution < -0.4 is 10.6 Å². The number of benzene rings is 1. The summed E-state index contributed by atoms with van der Waals surface area (Å²) in [4.78, 5) is 17.5. The molecule has 1 saturated heterocycles. The predicted molar refractivity (Wildman–Crippen MR) is 129 cm³/mol. The molecule has 0 radical (unpaired) electrons. The minimum absolute atomic E-state index is 0. The Labute approximate surface area is 196 Å². The van der Waals surface area contributed by atoms with Crippen molar-refractivity contribution >= 4 is 35.6 Å². The van der Waals surface area contributed by atoms with Crippen molar-refractivity contribution in [1.29, 1.82) is 0 Å². The number of non-ortho nitro benzene ring substituents is 1. The molecular weight excluding hydrogens is 497 g/mol. The fourth-order valence-electron chi connectivity index (χ4n) is 3.86. The van der Waals surface area contributed by atoms with E-state index in [4.69, 9.17) is 9.73 Å². The van der Waals surface area contributed by atoms with Gasteiger partial charge in [0.25, 0.3) is 5.69 Å². The lowest BCUT2D eigenvalue weighted by Gasteiger charge is -2.27. The maximum atomic E-state index is 10.8. The van der Waals surface area contributed by atoms with Crippen LogP contribution in [0.3, 0.4) is 0 Å². The van der Waals surface area contributed by atoms with Gasteiger partial charge in [-0.05, 0) is 24.3 Å². The molecule has 0 amide bonds. The fraction of sp³-hybridized carbons (Fsp3) is 0.667. The van der Waals surface area contributed by atoms with Crippen molar-refractivity contribution in [3.63, 3.8) is 0 Å². The fourth-order valence-corrected chi connectivity index (χ4v) is 3.86. The van der Waals surface area contributed by atoms with E-state index in [0.29, 0.717) is 6.54 Å². The van der Waals surface area contributed by atoms with Crippen LogP contribution in [0.4, 0.5) is 5.69 Å². The number of morpholine rings is 1. The van der Waals surface area contributed by atoms with E-state index in [1.54, 1.807) is 12.1 Å². The van der Waals surface area contributed by atoms with E-state index in [0.717, 1.165) is 63.4 Å². The van der Waals surface area contributed by atoms with Gasteiger partial charge in [0.2, 0.25) is 0 Å². The molecular formula is C21H34IN5O3. The molecule has 0 atom stereocenters. The molecule has 2 N–H and O–H groups in total. The molecule has 8 nitrogen and oxygen atoms in total. The van der Waals surface area contributed by atoms with E-state index in [1.165, 1.54) is 44.2 Å². The zero-order chi connectivity index (χ0) is 20.3. The third kappa shape index (κ3) is 8.73. The number of nitrogens with zero attached hydrogens (tertiary/aromatic N) is 3. The molecule has 3 rings (SSSR count). The number of nitro groups is 1. The van der Waals surface area contributed by atoms with E-state index in [-0.39, 0.29) is 34.6 Å². The molecule has 0 bridgehead atoms. The number of nitro benzene ring substituents is 1. The van der Waals surface area contributed by atoms with Gasteiger partial charge in [-0.3, -0.25) is 15.0 Å². The molecule has 1 aromatic carbocycles. The minimum Gasteiger partial charge on any atom is -0.379 e. The molecule has 168 valence electrons. The molecule has 0 spiro atoms. The van der Waals surface area contributed by atoms with Crippen LogP contribution in [0.2, 0.25) is 0 Å². The van der Waals surface area contributed by atoms with Crippen LogP contribution >= 0.6 is 24.0 Å². The summed E-state index contributed by atoms with van der Waals surface area (Å²) in [5, 5.41) is 17.8. The SMILES string of the molecule is I.O=[N+]([O-])c1ccc(CN=C(NCCN2CCOCC2)NCC2CCCCC2)cc1. The zero-order valence-corrected chi connectivity index (χ0v) is 19.9. The standard InChI is InChI=1S/C21H33N5O3.HI/c27-26(28)20-8-6-19(7-9-20)17-24-21(23-16-18-4-2-1-3-5-18)22-10-11-25-12-14-29-15-13-25;/h6-9,18H,1-5,10-17H2,(H2,22,23,24);1H. The highest BCUT2D eigenvalue weighted by Gasteiger charge is 2.14. The van der Waals surface area contributed by atoms with Gasteiger partial charge in [-0.2, -0.15) is 0 Å². The molecule has 1 heterocycles. The number of hydrogen-bond donors (Lipinski definition) is 2. The number of hydrogen-bond acceptors (Lipinski definition) is 5. The number of nitrogens with one attached hydrogen (secondary N) is 2. The van der Waals surface area contributed by atoms with E-state index < -0.39 is 0 Å². The van der Waals surface area contributed by atoms with Crippen LogP contribution in [0.5, 0.6) is 0 Å². The second kappa shape index (κ2) is 13.8. The van der Waals surface area contributed by atoms with E-state index in [2.05, 4.69) is 15.5 Å². The summed E-state index contributed by atoms with van der Waals surface area (Å²) in [6.45, 7) is 6.81. The van der Waals surface area contributed by atoms with E-state index in [9.17, 15) is 10.1 Å². The summed E-state index contributed by atoms with van der Waals surface area (Å²) in [5.41, 5.74) is 1.07. The number of guanidine groups is 1. The molecule has 0 unspecified atom stereocenters. The van der Waals surface area contributed by atoms with Crippen molar-refractivity contribution in [1.82, 2.24) is 15.5 Å². The zero-order valence-electron chi connectivity index (χ0n) is 17.6. The summed E-state index contributed by atoms with van der Waals surface area (Å²) in [6, 6.07) is 6.61. The molecule has 1 aromatic rings. The Kier molecular flexibility index (Phi) is 11.4. The van der Waals surface area contributed by atoms with Crippen LogP contribution in [0.15, 0.2) is 29.3 Å². The number of rotatable bonds is 8. The monoisotopic (exact) mass is 531 g/mol. The maximum Gasteiger partial charge on any atom is 0.269 e. The Morgan fingerprint density at radius 2 is 1.83 bits per heavy atom. The van der Waals surface area contributed by atoms with Crippen LogP contribution in [0.25, 0.3) is 0 Å². The van der Waals surface area contributed by atoms with Crippen LogP contribution in [0.1, 0.15) is 37.7 Å². The normalized spacial score (nSPS) is 18.5. The van der Waals surface area contributed by atoms with Crippen molar-refractivity contribution in [2.75, 3.05) is 45.9 Å². The number of aliphatic imine (C=N–C) groups is 1. The lowest BCUT2D eigenvalue weighted by atomic mass is 9.89. The average Bonchev–Trinajstić information content (AvgIpc) is 2.77. The first-order valence-electron chi connectivity index (χ1n) is 10.8. The molecule has 30 heavy (non-hydrogen) atoms. The molecule has 1 aliphatic heterocycles. The molecule has 0 aromatic heterocycles. The van der Waals surface area contributed by atoms with Gasteiger partial charge in [0.15, 0.2) is 5.96 Å². The highest BCUT2D eigenvalue weighted by atomic mass is 127. The van der Waals surface area contributed by atoms with Gasteiger partial charge >= 0.3 is 0 Å². The largest absolute Gasteiger partial charge is 0.379 e. The van der Waals surface area contributed by atoms with Crippen molar-refractivity contribution in [3.8, 4) is 0 Å². The van der Waals surface area contributed by atoms with Crippen LogP contribution in [0, 0.1) is 16.0 Å². The second-order valence-corrected chi connectivity index (χ2v) is 7.85. The van der Waals surface area contributed by atoms with Gasteiger partial charge < -0.3 is 15.4 Å². The van der Waals surface area contributed by atoms with E-state index >= 15 is 0 Å². The summed E-state index contributed by atoms with van der Waals surface area (Å²) in [7, 11) is 0. The first kappa shape index (κ1) is 24.8. The van der Waals surface area contributed by atoms with Crippen molar-refractivity contribution in [3.05, 3.63) is 39.9 Å². The van der Waals surface area contributed by atoms with Gasteiger partial charge in [-0.1, -0.05) is 31.4 Å². The Bertz CT molecular complexity index is 659. The average molecular weight is 531 g/mol. The smallest absolute Gasteiger partial charge is 0.269 e. The third-order valence-electron chi connectivity index (χ3n) is 5.67. The Morgan fingerprint density at radius 1 is 1.13 bits per heavy atom. The Morgan fingerprint density at radius 3 is 2.50 bits per heavy atom. The van der Waals surface area contributed by atoms with Crippen LogP contribution in [-0.4, -0.2) is 61.7 Å². The minimum atomic E-state index is -0.378. The van der Waals surface area contributed by atoms with Gasteiger partial charge in [0.05, 0.1) is 24.7 Å². The van der Waals surface area contributed by atoms with E-state index in [1.807, 2.05) is 0 Å². The quantitative estimate of drug-likeness (QED) is 0.176. The van der Waals surface area contributed by atoms with Gasteiger partial charge in [0, 0.05) is 44.9 Å². The molecule has 9 heteroatoms. The number of halogens is 1. The Balaban J connectivity index is 0.00000320. The molecule has 1 aliphatic carbocycles. The predicted octanol–water partition coefficient (Wildman–Crippen LogP) is 3.16. The highest BCUT2D eigenvalue weighted by molar-refractivity contribution is 14.0. The maximum absolute atomic E-state index is 10.8. The number of ether oxygens (including phenoxy) is 1. The van der Waals surface area contributed by atoms with Crippen LogP contribution in [-0.2, 0) is 11.3 Å². The molecule has 2 fully saturated rings. The van der Waals surface area contributed by atoms with Crippen molar-refractivity contribution in [2.24, 2.45) is 10.9 Å². The summed E-state index contributed by atoms with van der Waals surface area (Å²) >= 11 is 0. The second-order valence-electron chi connectivity index (χ2n) is 7.85. The van der Waals surface area contributed by atoms with Gasteiger partial charge in [-0.25, -0.2) is 4.99 Å². The first-order valence-corrected chi connectivity index (χ1v) is 10.8. The molecule has 2 aliphatic rings. The first-order chi connectivity index (χ1) is 14.2. The summed E-state index contributed by atoms with van der Waals surface area (Å²) in [6.07, 6.45) is 6.58. The molecule has 1 saturated carbocycles. The van der Waals surface area contributed by atoms with Crippen molar-refractivity contribution < 1.29 is 9.66 Å². The Hall–Kier alpha value is -1.46. The summed E-state index contributed by atoms with van der Waals surface area (Å²) in [5.74, 6) is 1.54. The third-order valence-corrected chi connectivity index (χ3v) is 5.67. The van der Waals surface area contributed by atoms with Gasteiger partial charge in [0.1, 0.15) is 0 Å². The highest BCUT2D eigenvalue weighted by Crippen LogP contribution is 2.22. The lowest BCUT2D eigenvalue weighted by Crippen LogP contribution is -2.45. The summed E-state index contributed by atoms with van der Waals surface area (Å²) < 4.78 is 5.40. The lowest BCUT2D eigenvalue weighted by molar-refractivity contribution is -0.384.